The van der Waals surface area contributed by atoms with Crippen molar-refractivity contribution in [3.8, 4) is 5.69 Å². The highest BCUT2D eigenvalue weighted by molar-refractivity contribution is 5.95. The highest BCUT2D eigenvalue weighted by atomic mass is 16.2. The van der Waals surface area contributed by atoms with E-state index in [9.17, 15) is 4.79 Å². The molecule has 2 heterocycles. The van der Waals surface area contributed by atoms with Crippen molar-refractivity contribution in [2.24, 2.45) is 0 Å². The number of benzene rings is 2. The molecule has 0 aliphatic heterocycles. The summed E-state index contributed by atoms with van der Waals surface area (Å²) in [4.78, 5) is 22.8. The van der Waals surface area contributed by atoms with Crippen LogP contribution in [0.3, 0.4) is 0 Å². The van der Waals surface area contributed by atoms with Crippen LogP contribution in [0.1, 0.15) is 47.2 Å². The van der Waals surface area contributed by atoms with E-state index in [1.807, 2.05) is 41.1 Å². The second-order valence-electron chi connectivity index (χ2n) is 7.71. The number of carbonyl (C=O) groups excluding carboxylic acids is 1. The van der Waals surface area contributed by atoms with Crippen LogP contribution in [-0.4, -0.2) is 37.6 Å². The summed E-state index contributed by atoms with van der Waals surface area (Å²) < 4.78 is 1.87. The molecule has 0 aliphatic rings. The van der Waals surface area contributed by atoms with Crippen LogP contribution < -0.4 is 0 Å². The topological polar surface area (TPSA) is 66.8 Å². The summed E-state index contributed by atoms with van der Waals surface area (Å²) >= 11 is 0. The molecule has 0 saturated heterocycles. The van der Waals surface area contributed by atoms with E-state index in [1.165, 1.54) is 5.56 Å². The fraction of sp³-hybridized carbons (Fsp3) is 0.261. The Morgan fingerprint density at radius 3 is 2.55 bits per heavy atom. The fourth-order valence-corrected chi connectivity index (χ4v) is 3.55. The van der Waals surface area contributed by atoms with Crippen molar-refractivity contribution >= 4 is 16.9 Å². The molecule has 0 atom stereocenters. The maximum absolute atomic E-state index is 13.2. The minimum absolute atomic E-state index is 0.0625. The summed E-state index contributed by atoms with van der Waals surface area (Å²) in [6.45, 7) is 6.62. The zero-order chi connectivity index (χ0) is 20.5. The number of rotatable bonds is 5. The number of amides is 1. The van der Waals surface area contributed by atoms with Crippen LogP contribution in [0.2, 0.25) is 0 Å². The third-order valence-corrected chi connectivity index (χ3v) is 5.03. The molecular formula is C23H25N5O. The lowest BCUT2D eigenvalue weighted by Crippen LogP contribution is -2.27. The summed E-state index contributed by atoms with van der Waals surface area (Å²) in [6, 6.07) is 16.0. The number of para-hydroxylation sites is 2. The molecule has 4 rings (SSSR count). The fourth-order valence-electron chi connectivity index (χ4n) is 3.55. The van der Waals surface area contributed by atoms with Crippen LogP contribution in [-0.2, 0) is 6.54 Å². The quantitative estimate of drug-likeness (QED) is 0.550. The Morgan fingerprint density at radius 1 is 1.14 bits per heavy atom. The van der Waals surface area contributed by atoms with Crippen molar-refractivity contribution in [3.63, 3.8) is 0 Å². The molecular weight excluding hydrogens is 362 g/mol. The number of carbonyl (C=O) groups is 1. The number of hydrogen-bond donors (Lipinski definition) is 1. The van der Waals surface area contributed by atoms with E-state index < -0.39 is 0 Å². The largest absolute Gasteiger partial charge is 0.340 e. The van der Waals surface area contributed by atoms with Crippen molar-refractivity contribution < 1.29 is 4.79 Å². The van der Waals surface area contributed by atoms with Gasteiger partial charge in [-0.15, -0.1) is 0 Å². The maximum Gasteiger partial charge on any atom is 0.257 e. The highest BCUT2D eigenvalue weighted by Crippen LogP contribution is 2.24. The molecule has 2 aromatic heterocycles. The number of aryl methyl sites for hydroxylation is 1. The van der Waals surface area contributed by atoms with E-state index in [4.69, 9.17) is 0 Å². The van der Waals surface area contributed by atoms with E-state index in [0.717, 1.165) is 28.2 Å². The molecule has 1 amide bonds. The van der Waals surface area contributed by atoms with Crippen molar-refractivity contribution in [1.82, 2.24) is 24.6 Å². The number of imidazole rings is 1. The molecule has 0 radical (unpaired) electrons. The summed E-state index contributed by atoms with van der Waals surface area (Å²) in [5.41, 5.74) is 5.55. The van der Waals surface area contributed by atoms with Crippen molar-refractivity contribution in [3.05, 3.63) is 77.4 Å². The molecule has 2 aromatic carbocycles. The summed E-state index contributed by atoms with van der Waals surface area (Å²) in [5.74, 6) is 0.851. The van der Waals surface area contributed by atoms with Crippen molar-refractivity contribution in [2.45, 2.75) is 33.2 Å². The van der Waals surface area contributed by atoms with E-state index >= 15 is 0 Å². The first-order chi connectivity index (χ1) is 13.9. The van der Waals surface area contributed by atoms with Gasteiger partial charge < -0.3 is 9.88 Å². The number of nitrogens with zero attached hydrogens (tertiary/aromatic N) is 4. The predicted molar refractivity (Wildman–Crippen MR) is 114 cm³/mol. The monoisotopic (exact) mass is 387 g/mol. The highest BCUT2D eigenvalue weighted by Gasteiger charge is 2.24. The van der Waals surface area contributed by atoms with Gasteiger partial charge in [-0.1, -0.05) is 43.7 Å². The van der Waals surface area contributed by atoms with E-state index in [1.54, 1.807) is 18.1 Å². The molecule has 0 saturated carbocycles. The molecule has 1 N–H and O–H groups in total. The first-order valence-electron chi connectivity index (χ1n) is 9.78. The number of aromatic amines is 1. The van der Waals surface area contributed by atoms with Gasteiger partial charge in [0.05, 0.1) is 40.7 Å². The molecule has 0 bridgehead atoms. The maximum atomic E-state index is 13.2. The molecule has 0 spiro atoms. The molecule has 29 heavy (non-hydrogen) atoms. The van der Waals surface area contributed by atoms with Gasteiger partial charge in [-0.05, 0) is 37.1 Å². The average molecular weight is 387 g/mol. The van der Waals surface area contributed by atoms with Gasteiger partial charge in [0, 0.05) is 7.05 Å². The van der Waals surface area contributed by atoms with Gasteiger partial charge in [0.2, 0.25) is 0 Å². The molecule has 148 valence electrons. The zero-order valence-electron chi connectivity index (χ0n) is 17.2. The number of fused-ring (bicyclic) bond motifs is 1. The molecule has 6 nitrogen and oxygen atoms in total. The summed E-state index contributed by atoms with van der Waals surface area (Å²) in [5, 5.41) is 4.53. The van der Waals surface area contributed by atoms with Gasteiger partial charge in [-0.2, -0.15) is 5.10 Å². The van der Waals surface area contributed by atoms with Crippen LogP contribution in [0.5, 0.6) is 0 Å². The average Bonchev–Trinajstić information content (AvgIpc) is 3.31. The van der Waals surface area contributed by atoms with Crippen LogP contribution in [0.25, 0.3) is 16.7 Å². The van der Waals surface area contributed by atoms with Gasteiger partial charge >= 0.3 is 0 Å². The lowest BCUT2D eigenvalue weighted by Gasteiger charge is -2.18. The molecule has 0 unspecified atom stereocenters. The van der Waals surface area contributed by atoms with Gasteiger partial charge in [-0.3, -0.25) is 4.79 Å². The number of H-pyrrole nitrogens is 1. The SMILES string of the molecule is Cc1ccc(-n2ncc(C(=O)N(C)Cc3nc4ccccc4[nH]3)c2C(C)C)cc1. The Kier molecular flexibility index (Phi) is 4.92. The standard InChI is InChI=1S/C23H25N5O/c1-15(2)22-18(13-24-28(22)17-11-9-16(3)10-12-17)23(29)27(4)14-21-25-19-7-5-6-8-20(19)26-21/h5-13,15H,14H2,1-4H3,(H,25,26). The van der Waals surface area contributed by atoms with Gasteiger partial charge in [-0.25, -0.2) is 9.67 Å². The Hall–Kier alpha value is -3.41. The van der Waals surface area contributed by atoms with Gasteiger partial charge in [0.1, 0.15) is 5.82 Å². The van der Waals surface area contributed by atoms with Crippen LogP contribution in [0.15, 0.2) is 54.7 Å². The van der Waals surface area contributed by atoms with E-state index in [0.29, 0.717) is 12.1 Å². The predicted octanol–water partition coefficient (Wildman–Crippen LogP) is 4.45. The number of hydrogen-bond acceptors (Lipinski definition) is 3. The minimum Gasteiger partial charge on any atom is -0.340 e. The van der Waals surface area contributed by atoms with Crippen molar-refractivity contribution in [1.29, 1.82) is 0 Å². The number of nitrogens with one attached hydrogen (secondary N) is 1. The first-order valence-corrected chi connectivity index (χ1v) is 9.78. The molecule has 6 heteroatoms. The normalized spacial score (nSPS) is 11.3. The summed E-state index contributed by atoms with van der Waals surface area (Å²) in [7, 11) is 1.79. The molecule has 0 aliphatic carbocycles. The Labute approximate surface area is 170 Å². The zero-order valence-corrected chi connectivity index (χ0v) is 17.2. The summed E-state index contributed by atoms with van der Waals surface area (Å²) in [6.07, 6.45) is 1.67. The number of aromatic nitrogens is 4. The van der Waals surface area contributed by atoms with Gasteiger partial charge in [0.15, 0.2) is 0 Å². The lowest BCUT2D eigenvalue weighted by molar-refractivity contribution is 0.0780. The van der Waals surface area contributed by atoms with Gasteiger partial charge in [0.25, 0.3) is 5.91 Å². The Bertz CT molecular complexity index is 1120. The minimum atomic E-state index is -0.0625. The van der Waals surface area contributed by atoms with Crippen LogP contribution in [0, 0.1) is 6.92 Å². The first kappa shape index (κ1) is 18.9. The second kappa shape index (κ2) is 7.54. The third kappa shape index (κ3) is 3.66. The smallest absolute Gasteiger partial charge is 0.257 e. The van der Waals surface area contributed by atoms with Crippen LogP contribution >= 0.6 is 0 Å². The molecule has 4 aromatic rings. The Morgan fingerprint density at radius 2 is 1.86 bits per heavy atom. The van der Waals surface area contributed by atoms with Crippen molar-refractivity contribution in [2.75, 3.05) is 7.05 Å². The van der Waals surface area contributed by atoms with Crippen LogP contribution in [0.4, 0.5) is 0 Å². The van der Waals surface area contributed by atoms with E-state index in [-0.39, 0.29) is 11.8 Å². The second-order valence-corrected chi connectivity index (χ2v) is 7.71. The van der Waals surface area contributed by atoms with E-state index in [2.05, 4.69) is 48.0 Å². The lowest BCUT2D eigenvalue weighted by atomic mass is 10.0. The Balaban J connectivity index is 1.62. The molecule has 0 fully saturated rings. The third-order valence-electron chi connectivity index (χ3n) is 5.03.